The Balaban J connectivity index is 0.00000128. The van der Waals surface area contributed by atoms with Gasteiger partial charge in [-0.05, 0) is 18.1 Å². The minimum Gasteiger partial charge on any atom is -0.309 e. The number of nitrogens with one attached hydrogen (secondary N) is 1. The maximum absolute atomic E-state index is 11.2. The fraction of sp³-hybridized carbons (Fsp3) is 0.500. The molecule has 1 atom stereocenters. The van der Waals surface area contributed by atoms with E-state index in [1.54, 1.807) is 12.4 Å². The second kappa shape index (κ2) is 7.16. The molecule has 98 valence electrons. The summed E-state index contributed by atoms with van der Waals surface area (Å²) >= 11 is 0. The molecule has 7 heteroatoms. The van der Waals surface area contributed by atoms with Gasteiger partial charge in [0.15, 0.2) is 9.84 Å². The Kier molecular flexibility index (Phi) is 7.01. The molecule has 0 bridgehead atoms. The van der Waals surface area contributed by atoms with Crippen LogP contribution in [0.5, 0.6) is 0 Å². The number of nitrogens with zero attached hydrogens (tertiary/aromatic N) is 1. The summed E-state index contributed by atoms with van der Waals surface area (Å²) in [5, 5.41) is 3.23. The molecule has 2 heterocycles. The van der Waals surface area contributed by atoms with E-state index in [9.17, 15) is 8.42 Å². The molecule has 4 nitrogen and oxygen atoms in total. The molecule has 1 unspecified atom stereocenters. The SMILES string of the molecule is Cl.Cl.O=S1(=O)CCC(NCc2cccnc2)C1. The van der Waals surface area contributed by atoms with Crippen molar-refractivity contribution in [2.24, 2.45) is 0 Å². The zero-order chi connectivity index (χ0) is 10.7. The Hall–Kier alpha value is -0.360. The third kappa shape index (κ3) is 5.21. The zero-order valence-corrected chi connectivity index (χ0v) is 11.7. The second-order valence-electron chi connectivity index (χ2n) is 3.84. The lowest BCUT2D eigenvalue weighted by molar-refractivity contribution is 0.553. The summed E-state index contributed by atoms with van der Waals surface area (Å²) in [6, 6.07) is 3.96. The number of sulfone groups is 1. The van der Waals surface area contributed by atoms with E-state index in [0.717, 1.165) is 12.0 Å². The maximum Gasteiger partial charge on any atom is 0.151 e. The standard InChI is InChI=1S/C10H14N2O2S.2ClH/c13-15(14)5-3-10(8-15)12-7-9-2-1-4-11-6-9;;/h1-2,4,6,10,12H,3,5,7-8H2;2*1H. The summed E-state index contributed by atoms with van der Waals surface area (Å²) < 4.78 is 22.4. The van der Waals surface area contributed by atoms with Crippen LogP contribution in [-0.4, -0.2) is 30.9 Å². The highest BCUT2D eigenvalue weighted by atomic mass is 35.5. The Morgan fingerprint density at radius 2 is 2.18 bits per heavy atom. The molecule has 0 saturated carbocycles. The minimum atomic E-state index is -2.78. The van der Waals surface area contributed by atoms with Crippen molar-refractivity contribution in [3.63, 3.8) is 0 Å². The van der Waals surface area contributed by atoms with Gasteiger partial charge in [0.25, 0.3) is 0 Å². The average Bonchev–Trinajstić information content (AvgIpc) is 2.57. The number of rotatable bonds is 3. The van der Waals surface area contributed by atoms with Crippen molar-refractivity contribution in [1.29, 1.82) is 0 Å². The summed E-state index contributed by atoms with van der Waals surface area (Å²) in [6.07, 6.45) is 4.24. The van der Waals surface area contributed by atoms with Crippen molar-refractivity contribution in [3.8, 4) is 0 Å². The first-order valence-electron chi connectivity index (χ1n) is 4.98. The van der Waals surface area contributed by atoms with Crippen LogP contribution in [0.25, 0.3) is 0 Å². The molecule has 2 rings (SSSR count). The van der Waals surface area contributed by atoms with Gasteiger partial charge in [-0.2, -0.15) is 0 Å². The summed E-state index contributed by atoms with van der Waals surface area (Å²) in [7, 11) is -2.78. The van der Waals surface area contributed by atoms with E-state index in [1.807, 2.05) is 12.1 Å². The Morgan fingerprint density at radius 1 is 1.41 bits per heavy atom. The largest absolute Gasteiger partial charge is 0.309 e. The lowest BCUT2D eigenvalue weighted by Gasteiger charge is -2.09. The molecule has 1 N–H and O–H groups in total. The predicted octanol–water partition coefficient (Wildman–Crippen LogP) is 1.20. The molecular formula is C10H16Cl2N2O2S. The smallest absolute Gasteiger partial charge is 0.151 e. The number of pyridine rings is 1. The topological polar surface area (TPSA) is 59.1 Å². The second-order valence-corrected chi connectivity index (χ2v) is 6.07. The van der Waals surface area contributed by atoms with Gasteiger partial charge in [-0.15, -0.1) is 24.8 Å². The first-order chi connectivity index (χ1) is 7.16. The van der Waals surface area contributed by atoms with Crippen LogP contribution >= 0.6 is 24.8 Å². The van der Waals surface area contributed by atoms with Gasteiger partial charge in [-0.3, -0.25) is 4.98 Å². The summed E-state index contributed by atoms with van der Waals surface area (Å²) in [4.78, 5) is 4.00. The fourth-order valence-corrected chi connectivity index (χ4v) is 3.43. The third-order valence-electron chi connectivity index (χ3n) is 2.55. The molecule has 0 amide bonds. The normalized spacial score (nSPS) is 21.3. The van der Waals surface area contributed by atoms with Gasteiger partial charge >= 0.3 is 0 Å². The van der Waals surface area contributed by atoms with Gasteiger partial charge < -0.3 is 5.32 Å². The molecule has 1 aliphatic rings. The van der Waals surface area contributed by atoms with Crippen LogP contribution in [0, 0.1) is 0 Å². The molecule has 0 aromatic carbocycles. The van der Waals surface area contributed by atoms with Crippen molar-refractivity contribution >= 4 is 34.7 Å². The molecule has 1 saturated heterocycles. The van der Waals surface area contributed by atoms with E-state index in [0.29, 0.717) is 12.3 Å². The lowest BCUT2D eigenvalue weighted by atomic mass is 10.2. The van der Waals surface area contributed by atoms with Crippen LogP contribution in [0.2, 0.25) is 0 Å². The summed E-state index contributed by atoms with van der Waals surface area (Å²) in [5.74, 6) is 0.588. The van der Waals surface area contributed by atoms with Gasteiger partial charge in [0.1, 0.15) is 0 Å². The highest BCUT2D eigenvalue weighted by Crippen LogP contribution is 2.11. The monoisotopic (exact) mass is 298 g/mol. The maximum atomic E-state index is 11.2. The molecule has 0 radical (unpaired) electrons. The first-order valence-corrected chi connectivity index (χ1v) is 6.80. The van der Waals surface area contributed by atoms with Crippen molar-refractivity contribution < 1.29 is 8.42 Å². The summed E-state index contributed by atoms with van der Waals surface area (Å²) in [6.45, 7) is 0.689. The lowest BCUT2D eigenvalue weighted by Crippen LogP contribution is -2.29. The molecule has 0 aliphatic carbocycles. The van der Waals surface area contributed by atoms with Crippen molar-refractivity contribution in [2.45, 2.75) is 19.0 Å². The summed E-state index contributed by atoms with van der Waals surface area (Å²) in [5.41, 5.74) is 1.08. The average molecular weight is 299 g/mol. The van der Waals surface area contributed by atoms with Crippen molar-refractivity contribution in [1.82, 2.24) is 10.3 Å². The predicted molar refractivity (Wildman–Crippen MR) is 72.6 cm³/mol. The van der Waals surface area contributed by atoms with Gasteiger partial charge in [-0.25, -0.2) is 8.42 Å². The van der Waals surface area contributed by atoms with Crippen molar-refractivity contribution in [2.75, 3.05) is 11.5 Å². The third-order valence-corrected chi connectivity index (χ3v) is 4.32. The molecule has 1 aliphatic heterocycles. The van der Waals surface area contributed by atoms with E-state index in [-0.39, 0.29) is 36.6 Å². The van der Waals surface area contributed by atoms with Crippen LogP contribution in [0.15, 0.2) is 24.5 Å². The van der Waals surface area contributed by atoms with Crippen LogP contribution in [-0.2, 0) is 16.4 Å². The molecule has 1 fully saturated rings. The fourth-order valence-electron chi connectivity index (χ4n) is 1.72. The van der Waals surface area contributed by atoms with Crippen molar-refractivity contribution in [3.05, 3.63) is 30.1 Å². The van der Waals surface area contributed by atoms with E-state index in [4.69, 9.17) is 0 Å². The first kappa shape index (κ1) is 16.6. The van der Waals surface area contributed by atoms with Crippen LogP contribution in [0.3, 0.4) is 0 Å². The quantitative estimate of drug-likeness (QED) is 0.911. The van der Waals surface area contributed by atoms with Crippen LogP contribution < -0.4 is 5.32 Å². The van der Waals surface area contributed by atoms with Gasteiger partial charge in [0, 0.05) is 25.0 Å². The minimum absolute atomic E-state index is 0. The number of hydrogen-bond donors (Lipinski definition) is 1. The number of halogens is 2. The number of aromatic nitrogens is 1. The molecular weight excluding hydrogens is 283 g/mol. The molecule has 17 heavy (non-hydrogen) atoms. The van der Waals surface area contributed by atoms with Crippen LogP contribution in [0.1, 0.15) is 12.0 Å². The van der Waals surface area contributed by atoms with E-state index >= 15 is 0 Å². The van der Waals surface area contributed by atoms with Gasteiger partial charge in [0.05, 0.1) is 11.5 Å². The van der Waals surface area contributed by atoms with E-state index < -0.39 is 9.84 Å². The Bertz CT molecular complexity index is 425. The molecule has 0 spiro atoms. The number of hydrogen-bond acceptors (Lipinski definition) is 4. The Labute approximate surface area is 114 Å². The molecule has 1 aromatic heterocycles. The highest BCUT2D eigenvalue weighted by molar-refractivity contribution is 7.91. The van der Waals surface area contributed by atoms with Gasteiger partial charge in [0.2, 0.25) is 0 Å². The molecule has 1 aromatic rings. The highest BCUT2D eigenvalue weighted by Gasteiger charge is 2.27. The van der Waals surface area contributed by atoms with E-state index in [1.165, 1.54) is 0 Å². The Morgan fingerprint density at radius 3 is 2.71 bits per heavy atom. The zero-order valence-electron chi connectivity index (χ0n) is 9.20. The van der Waals surface area contributed by atoms with Gasteiger partial charge in [-0.1, -0.05) is 6.07 Å². The van der Waals surface area contributed by atoms with Crippen LogP contribution in [0.4, 0.5) is 0 Å². The van der Waals surface area contributed by atoms with E-state index in [2.05, 4.69) is 10.3 Å².